The Morgan fingerprint density at radius 3 is 2.69 bits per heavy atom. The number of nitrogens with two attached hydrogens (primary N) is 1. The van der Waals surface area contributed by atoms with Crippen molar-refractivity contribution in [1.82, 2.24) is 0 Å². The molecule has 4 aliphatic rings. The first-order valence-corrected chi connectivity index (χ1v) is 18.1. The first-order valence-electron chi connectivity index (χ1n) is 16.1. The lowest BCUT2D eigenvalue weighted by molar-refractivity contribution is -0.122. The summed E-state index contributed by atoms with van der Waals surface area (Å²) in [7, 11) is -2.24. The quantitative estimate of drug-likeness (QED) is 0.294. The molecule has 2 aromatic rings. The summed E-state index contributed by atoms with van der Waals surface area (Å²) in [5.74, 6) is 0.322. The van der Waals surface area contributed by atoms with Gasteiger partial charge in [0.25, 0.3) is 0 Å². The van der Waals surface area contributed by atoms with Crippen molar-refractivity contribution in [3.05, 3.63) is 70.3 Å². The molecule has 0 amide bonds. The van der Waals surface area contributed by atoms with Crippen LogP contribution in [0, 0.1) is 23.7 Å². The monoisotopic (exact) mass is 654 g/mol. The van der Waals surface area contributed by atoms with Gasteiger partial charge in [0.05, 0.1) is 30.2 Å². The second-order valence-electron chi connectivity index (χ2n) is 13.6. The molecule has 0 bridgehead atoms. The molecule has 6 atom stereocenters. The van der Waals surface area contributed by atoms with Crippen LogP contribution in [0.3, 0.4) is 0 Å². The average Bonchev–Trinajstić information content (AvgIpc) is 3.14. The third-order valence-corrected chi connectivity index (χ3v) is 12.7. The summed E-state index contributed by atoms with van der Waals surface area (Å²) in [6.45, 7) is 3.79. The molecule has 8 nitrogen and oxygen atoms in total. The van der Waals surface area contributed by atoms with Gasteiger partial charge in [0, 0.05) is 29.4 Å². The third-order valence-electron chi connectivity index (χ3n) is 10.9. The van der Waals surface area contributed by atoms with E-state index in [1.54, 1.807) is 12.1 Å². The highest BCUT2D eigenvalue weighted by atomic mass is 35.5. The van der Waals surface area contributed by atoms with Crippen molar-refractivity contribution in [1.29, 1.82) is 0 Å². The number of halogens is 1. The number of ether oxygens (including phenoxy) is 2. The van der Waals surface area contributed by atoms with Crippen LogP contribution in [-0.2, 0) is 31.4 Å². The molecule has 0 saturated heterocycles. The summed E-state index contributed by atoms with van der Waals surface area (Å²) in [5, 5.41) is 5.67. The Bertz CT molecular complexity index is 1610. The van der Waals surface area contributed by atoms with E-state index in [0.29, 0.717) is 31.7 Å². The van der Waals surface area contributed by atoms with Crippen LogP contribution in [0.2, 0.25) is 5.02 Å². The van der Waals surface area contributed by atoms with E-state index in [4.69, 9.17) is 26.2 Å². The lowest BCUT2D eigenvalue weighted by Crippen LogP contribution is -2.49. The van der Waals surface area contributed by atoms with Crippen molar-refractivity contribution in [2.24, 2.45) is 28.8 Å². The second-order valence-corrected chi connectivity index (χ2v) is 15.8. The van der Waals surface area contributed by atoms with Gasteiger partial charge in [-0.25, -0.2) is 18.4 Å². The molecule has 45 heavy (non-hydrogen) atoms. The zero-order valence-electron chi connectivity index (χ0n) is 26.0. The molecule has 2 fully saturated rings. The number of sulfonamides is 1. The molecule has 0 radical (unpaired) electrons. The number of carbonyl (C=O) groups is 2. The number of ketones is 1. The number of hydrogen-bond donors (Lipinski definition) is 1. The zero-order valence-corrected chi connectivity index (χ0v) is 27.6. The maximum Gasteiger partial charge on any atom is 0.337 e. The van der Waals surface area contributed by atoms with Gasteiger partial charge in [-0.1, -0.05) is 37.1 Å². The fraction of sp³-hybridized carbons (Fsp3) is 0.543. The van der Waals surface area contributed by atoms with Crippen LogP contribution in [0.5, 0.6) is 5.75 Å². The number of hydrogen-bond acceptors (Lipinski definition) is 7. The summed E-state index contributed by atoms with van der Waals surface area (Å²) in [6.07, 6.45) is 10.5. The maximum atomic E-state index is 13.5. The van der Waals surface area contributed by atoms with Gasteiger partial charge >= 0.3 is 5.97 Å². The number of rotatable bonds is 7. The number of methoxy groups -OCH3 is 1. The molecule has 6 rings (SSSR count). The molecule has 10 heteroatoms. The summed E-state index contributed by atoms with van der Waals surface area (Å²) >= 11 is 6.39. The predicted octanol–water partition coefficient (Wildman–Crippen LogP) is 5.84. The fourth-order valence-corrected chi connectivity index (χ4v) is 9.73. The van der Waals surface area contributed by atoms with Crippen LogP contribution in [0.4, 0.5) is 5.69 Å². The Labute approximate surface area is 271 Å². The molecule has 1 spiro atoms. The van der Waals surface area contributed by atoms with Gasteiger partial charge in [-0.05, 0) is 110 Å². The number of nitrogens with zero attached hydrogens (tertiary/aromatic N) is 1. The largest absolute Gasteiger partial charge is 0.490 e. The Morgan fingerprint density at radius 2 is 1.96 bits per heavy atom. The molecular weight excluding hydrogens is 612 g/mol. The topological polar surface area (TPSA) is 116 Å². The first-order chi connectivity index (χ1) is 21.5. The van der Waals surface area contributed by atoms with E-state index in [0.717, 1.165) is 61.4 Å². The van der Waals surface area contributed by atoms with Crippen molar-refractivity contribution in [3.63, 3.8) is 0 Å². The smallest absolute Gasteiger partial charge is 0.337 e. The molecule has 0 unspecified atom stereocenters. The van der Waals surface area contributed by atoms with Gasteiger partial charge in [0.1, 0.15) is 5.75 Å². The minimum absolute atomic E-state index is 0.00987. The molecular formula is C35H43ClN2O6S. The fourth-order valence-electron chi connectivity index (χ4n) is 8.24. The number of carbonyl (C=O) groups excluding carboxylic acids is 2. The van der Waals surface area contributed by atoms with Crippen molar-refractivity contribution in [2.75, 3.05) is 31.7 Å². The molecule has 1 aliphatic heterocycles. The highest BCUT2D eigenvalue weighted by molar-refractivity contribution is 7.89. The van der Waals surface area contributed by atoms with E-state index in [1.807, 2.05) is 31.2 Å². The molecule has 2 saturated carbocycles. The van der Waals surface area contributed by atoms with Gasteiger partial charge in [-0.3, -0.25) is 4.79 Å². The summed E-state index contributed by atoms with van der Waals surface area (Å²) < 4.78 is 35.8. The van der Waals surface area contributed by atoms with E-state index in [-0.39, 0.29) is 34.9 Å². The normalized spacial score (nSPS) is 29.7. The molecule has 2 N–H and O–H groups in total. The van der Waals surface area contributed by atoms with Crippen molar-refractivity contribution in [3.8, 4) is 5.75 Å². The standard InChI is InChI=1S/C35H43ClN2O6S/c1-22-23(5-3-7-33(22)45(37,41)42)9-14-31(39)28-12-8-26(28)19-38-20-35(16-4-6-24-17-27(36)11-13-29(24)35)21-44-32-15-10-25(18-30(32)38)34(40)43-2/h9-11,13-15,17-18,22-23,26,28,33H,3-8,12,16,19-21H2,1-2H3,(H2,37,41,42)/b14-9+/t22-,23-,26-,28+,33+,35-/m0/s1. The van der Waals surface area contributed by atoms with E-state index in [1.165, 1.54) is 18.2 Å². The van der Waals surface area contributed by atoms with Crippen LogP contribution in [0.1, 0.15) is 73.4 Å². The SMILES string of the molecule is COC(=O)c1ccc2c(c1)N(C[C@@H]1CC[C@H]1C(=O)/C=C/[C@@H]1CCC[C@@H](S(N)(=O)=O)[C@H]1C)C[C@@]1(CCCc3cc(Cl)ccc31)CO2. The number of primary sulfonamides is 1. The highest BCUT2D eigenvalue weighted by Gasteiger charge is 2.44. The number of anilines is 1. The average molecular weight is 655 g/mol. The van der Waals surface area contributed by atoms with Crippen LogP contribution in [0.15, 0.2) is 48.6 Å². The van der Waals surface area contributed by atoms with Gasteiger partial charge in [-0.15, -0.1) is 0 Å². The molecule has 242 valence electrons. The van der Waals surface area contributed by atoms with Crippen LogP contribution in [-0.4, -0.2) is 52.2 Å². The van der Waals surface area contributed by atoms with E-state index in [2.05, 4.69) is 17.0 Å². The Hall–Kier alpha value is -2.88. The van der Waals surface area contributed by atoms with Crippen molar-refractivity contribution in [2.45, 2.75) is 69.0 Å². The van der Waals surface area contributed by atoms with Gasteiger partial charge in [0.15, 0.2) is 5.78 Å². The second kappa shape index (κ2) is 12.7. The van der Waals surface area contributed by atoms with Crippen molar-refractivity contribution < 1.29 is 27.5 Å². The molecule has 2 aromatic carbocycles. The minimum atomic E-state index is -3.62. The Morgan fingerprint density at radius 1 is 1.13 bits per heavy atom. The van der Waals surface area contributed by atoms with E-state index in [9.17, 15) is 18.0 Å². The number of fused-ring (bicyclic) bond motifs is 3. The summed E-state index contributed by atoms with van der Waals surface area (Å²) in [5.41, 5.74) is 3.55. The van der Waals surface area contributed by atoms with Crippen molar-refractivity contribution >= 4 is 39.1 Å². The van der Waals surface area contributed by atoms with E-state index >= 15 is 0 Å². The minimum Gasteiger partial charge on any atom is -0.490 e. The number of allylic oxidation sites excluding steroid dienone is 2. The summed E-state index contributed by atoms with van der Waals surface area (Å²) in [6, 6.07) is 11.6. The number of aryl methyl sites for hydroxylation is 1. The molecule has 1 heterocycles. The number of benzene rings is 2. The lowest BCUT2D eigenvalue weighted by atomic mass is 9.68. The highest BCUT2D eigenvalue weighted by Crippen LogP contribution is 2.46. The Kier molecular flexibility index (Phi) is 9.07. The van der Waals surface area contributed by atoms with Gasteiger partial charge < -0.3 is 14.4 Å². The van der Waals surface area contributed by atoms with Gasteiger partial charge in [0.2, 0.25) is 10.0 Å². The summed E-state index contributed by atoms with van der Waals surface area (Å²) in [4.78, 5) is 28.4. The number of esters is 1. The van der Waals surface area contributed by atoms with Crippen LogP contribution in [0.25, 0.3) is 0 Å². The zero-order chi connectivity index (χ0) is 31.9. The Balaban J connectivity index is 1.26. The van der Waals surface area contributed by atoms with E-state index < -0.39 is 21.2 Å². The lowest BCUT2D eigenvalue weighted by Gasteiger charge is -2.44. The maximum absolute atomic E-state index is 13.5. The third kappa shape index (κ3) is 6.41. The van der Waals surface area contributed by atoms with Crippen LogP contribution >= 0.6 is 11.6 Å². The molecule has 0 aromatic heterocycles. The van der Waals surface area contributed by atoms with Crippen LogP contribution < -0.4 is 14.8 Å². The predicted molar refractivity (Wildman–Crippen MR) is 175 cm³/mol. The van der Waals surface area contributed by atoms with Gasteiger partial charge in [-0.2, -0.15) is 0 Å². The first kappa shape index (κ1) is 32.1. The molecule has 3 aliphatic carbocycles.